The van der Waals surface area contributed by atoms with Crippen LogP contribution in [0.1, 0.15) is 23.2 Å². The molecular weight excluding hydrogens is 393 g/mol. The van der Waals surface area contributed by atoms with Gasteiger partial charge in [0.15, 0.2) is 0 Å². The van der Waals surface area contributed by atoms with Crippen molar-refractivity contribution < 1.29 is 4.28 Å². The van der Waals surface area contributed by atoms with Crippen molar-refractivity contribution >= 4 is 28.6 Å². The summed E-state index contributed by atoms with van der Waals surface area (Å²) in [7, 11) is 2.11. The molecule has 0 spiro atoms. The molecule has 1 aliphatic heterocycles. The summed E-state index contributed by atoms with van der Waals surface area (Å²) in [5.74, 6) is 0. The van der Waals surface area contributed by atoms with Crippen molar-refractivity contribution in [1.82, 2.24) is 15.0 Å². The van der Waals surface area contributed by atoms with Crippen molar-refractivity contribution in [2.45, 2.75) is 13.3 Å². The van der Waals surface area contributed by atoms with Gasteiger partial charge in [0.05, 0.1) is 7.11 Å². The molecule has 0 N–H and O–H groups in total. The molecule has 0 aliphatic carbocycles. The lowest BCUT2D eigenvalue weighted by Gasteiger charge is -2.50. The van der Waals surface area contributed by atoms with Gasteiger partial charge in [0.2, 0.25) is 0 Å². The summed E-state index contributed by atoms with van der Waals surface area (Å²) in [4.78, 5) is 14.6. The second kappa shape index (κ2) is 8.52. The Hall–Kier alpha value is -3.57. The second-order valence-electron chi connectivity index (χ2n) is 8.41. The summed E-state index contributed by atoms with van der Waals surface area (Å²) in [5.41, 5.74) is 7.85. The van der Waals surface area contributed by atoms with Gasteiger partial charge in [0.1, 0.15) is 6.61 Å². The van der Waals surface area contributed by atoms with E-state index < -0.39 is 6.35 Å². The predicted octanol–water partition coefficient (Wildman–Crippen LogP) is 3.98. The van der Waals surface area contributed by atoms with Crippen molar-refractivity contribution in [3.05, 3.63) is 114 Å². The minimum Gasteiger partial charge on any atom is -0.660 e. The maximum Gasteiger partial charge on any atom is 0.413 e. The van der Waals surface area contributed by atoms with Crippen LogP contribution in [0.5, 0.6) is 0 Å². The Morgan fingerprint density at radius 1 is 0.719 bits per heavy atom. The summed E-state index contributed by atoms with van der Waals surface area (Å²) < 4.78 is 3.47. The van der Waals surface area contributed by atoms with E-state index in [-0.39, 0.29) is 0 Å². The smallest absolute Gasteiger partial charge is 0.413 e. The molecular formula is C27H26BN3O. The van der Waals surface area contributed by atoms with Gasteiger partial charge in [-0.25, -0.2) is 0 Å². The third-order valence-electron chi connectivity index (χ3n) is 6.56. The summed E-state index contributed by atoms with van der Waals surface area (Å²) in [6, 6.07) is 27.2. The molecule has 4 aromatic rings. The summed E-state index contributed by atoms with van der Waals surface area (Å²) >= 11 is 0. The fourth-order valence-electron chi connectivity index (χ4n) is 5.05. The molecule has 3 aromatic heterocycles. The van der Waals surface area contributed by atoms with Crippen LogP contribution in [0, 0.1) is 6.92 Å². The van der Waals surface area contributed by atoms with Crippen molar-refractivity contribution in [1.29, 1.82) is 0 Å². The average Bonchev–Trinajstić information content (AvgIpc) is 2.86. The predicted molar refractivity (Wildman–Crippen MR) is 132 cm³/mol. The molecule has 0 fully saturated rings. The van der Waals surface area contributed by atoms with Crippen LogP contribution in [0.3, 0.4) is 0 Å². The zero-order valence-corrected chi connectivity index (χ0v) is 18.5. The van der Waals surface area contributed by atoms with Crippen LogP contribution in [-0.4, -0.2) is 35.0 Å². The Labute approximate surface area is 189 Å². The molecule has 4 heterocycles. The molecule has 1 aromatic carbocycles. The van der Waals surface area contributed by atoms with E-state index in [4.69, 9.17) is 15.0 Å². The molecule has 158 valence electrons. The molecule has 5 heteroatoms. The number of benzene rings is 1. The lowest BCUT2D eigenvalue weighted by molar-refractivity contribution is 0.0575. The third kappa shape index (κ3) is 3.35. The van der Waals surface area contributed by atoms with Crippen LogP contribution >= 0.6 is 0 Å². The molecule has 0 atom stereocenters. The first-order valence-electron chi connectivity index (χ1n) is 11.0. The van der Waals surface area contributed by atoms with Gasteiger partial charge >= 0.3 is 6.35 Å². The van der Waals surface area contributed by atoms with Gasteiger partial charge in [-0.05, 0) is 47.9 Å². The SMILES string of the molecule is Cc1ccc(C2=C(c3ccccn3)[B-](c3ccccn3)(c3ccccn3)[O+](C)CC2)cc1. The first kappa shape index (κ1) is 20.3. The van der Waals surface area contributed by atoms with E-state index in [1.807, 2.05) is 36.8 Å². The highest BCUT2D eigenvalue weighted by Gasteiger charge is 2.52. The minimum absolute atomic E-state index is 0.826. The normalized spacial score (nSPS) is 16.2. The van der Waals surface area contributed by atoms with E-state index >= 15 is 0 Å². The number of aryl methyl sites for hydroxylation is 1. The molecule has 0 saturated carbocycles. The zero-order valence-electron chi connectivity index (χ0n) is 18.5. The van der Waals surface area contributed by atoms with Crippen LogP contribution in [0.15, 0.2) is 97.5 Å². The van der Waals surface area contributed by atoms with Crippen molar-refractivity contribution in [3.8, 4) is 0 Å². The zero-order chi connectivity index (χ0) is 22.0. The standard InChI is InChI=1S/C27H26BN3O/c1-21-12-14-22(15-13-21)23-16-20-32(2)28(25-10-4-7-18-30-25,26-11-5-8-19-31-26)27(23)24-9-3-6-17-29-24/h3-15,17-19H,16,20H2,1-2H3. The Morgan fingerprint density at radius 2 is 1.31 bits per heavy atom. The lowest BCUT2D eigenvalue weighted by atomic mass is 9.28. The number of aromatic nitrogens is 3. The largest absolute Gasteiger partial charge is 0.660 e. The van der Waals surface area contributed by atoms with E-state index in [1.165, 1.54) is 22.2 Å². The topological polar surface area (TPSA) is 41.4 Å². The summed E-state index contributed by atoms with van der Waals surface area (Å²) in [6.45, 7) is 2.95. The molecule has 32 heavy (non-hydrogen) atoms. The Balaban J connectivity index is 1.92. The van der Waals surface area contributed by atoms with Gasteiger partial charge in [0.25, 0.3) is 0 Å². The van der Waals surface area contributed by atoms with Crippen LogP contribution in [0.2, 0.25) is 0 Å². The fraction of sp³-hybridized carbons (Fsp3) is 0.148. The quantitative estimate of drug-likeness (QED) is 0.371. The van der Waals surface area contributed by atoms with Crippen LogP contribution in [-0.2, 0) is 4.28 Å². The number of rotatable bonds is 4. The third-order valence-corrected chi connectivity index (χ3v) is 6.56. The first-order valence-corrected chi connectivity index (χ1v) is 11.0. The van der Waals surface area contributed by atoms with Gasteiger partial charge in [-0.3, -0.25) is 15.0 Å². The Bertz CT molecular complexity index is 1190. The van der Waals surface area contributed by atoms with E-state index in [0.717, 1.165) is 29.9 Å². The van der Waals surface area contributed by atoms with Crippen LogP contribution < -0.4 is 11.2 Å². The van der Waals surface area contributed by atoms with Crippen molar-refractivity contribution in [3.63, 3.8) is 0 Å². The second-order valence-corrected chi connectivity index (χ2v) is 8.41. The highest BCUT2D eigenvalue weighted by molar-refractivity contribution is 7.11. The van der Waals surface area contributed by atoms with E-state index in [2.05, 4.69) is 79.0 Å². The van der Waals surface area contributed by atoms with E-state index in [9.17, 15) is 0 Å². The number of hydrogen-bond acceptors (Lipinski definition) is 3. The number of hydrogen-bond donors (Lipinski definition) is 0. The molecule has 0 unspecified atom stereocenters. The maximum atomic E-state index is 4.88. The summed E-state index contributed by atoms with van der Waals surface area (Å²) in [5, 5.41) is 0. The molecule has 4 nitrogen and oxygen atoms in total. The lowest BCUT2D eigenvalue weighted by Crippen LogP contribution is -2.69. The van der Waals surface area contributed by atoms with E-state index in [1.54, 1.807) is 0 Å². The van der Waals surface area contributed by atoms with Gasteiger partial charge in [-0.15, -0.1) is 0 Å². The van der Waals surface area contributed by atoms with Gasteiger partial charge in [-0.2, -0.15) is 0 Å². The molecule has 5 rings (SSSR count). The highest BCUT2D eigenvalue weighted by Crippen LogP contribution is 2.41. The number of pyridine rings is 3. The molecule has 0 amide bonds. The fourth-order valence-corrected chi connectivity index (χ4v) is 5.05. The number of nitrogens with zero attached hydrogens (tertiary/aromatic N) is 3. The Morgan fingerprint density at radius 3 is 1.84 bits per heavy atom. The molecule has 0 radical (unpaired) electrons. The van der Waals surface area contributed by atoms with Crippen LogP contribution in [0.25, 0.3) is 11.0 Å². The monoisotopic (exact) mass is 419 g/mol. The highest BCUT2D eigenvalue weighted by atomic mass is 16.6. The van der Waals surface area contributed by atoms with Gasteiger partial charge < -0.3 is 4.28 Å². The first-order chi connectivity index (χ1) is 15.7. The summed E-state index contributed by atoms with van der Waals surface area (Å²) in [6.07, 6.45) is 4.83. The van der Waals surface area contributed by atoms with Gasteiger partial charge in [-0.1, -0.05) is 71.2 Å². The van der Waals surface area contributed by atoms with Gasteiger partial charge in [0, 0.05) is 30.7 Å². The van der Waals surface area contributed by atoms with E-state index in [0.29, 0.717) is 0 Å². The molecule has 0 saturated heterocycles. The van der Waals surface area contributed by atoms with Crippen molar-refractivity contribution in [2.75, 3.05) is 13.7 Å². The van der Waals surface area contributed by atoms with Crippen molar-refractivity contribution in [2.24, 2.45) is 0 Å². The minimum atomic E-state index is -1.68. The molecule has 1 aliphatic rings. The molecule has 0 bridgehead atoms. The maximum absolute atomic E-state index is 4.88. The van der Waals surface area contributed by atoms with Crippen LogP contribution in [0.4, 0.5) is 0 Å². The average molecular weight is 419 g/mol. The Kier molecular flexibility index (Phi) is 5.42.